The van der Waals surface area contributed by atoms with Gasteiger partial charge in [0, 0.05) is 18.6 Å². The van der Waals surface area contributed by atoms with Crippen molar-refractivity contribution in [2.24, 2.45) is 13.0 Å². The number of hydrogen-bond acceptors (Lipinski definition) is 8. The summed E-state index contributed by atoms with van der Waals surface area (Å²) in [5.74, 6) is -1.47. The SMILES string of the molecule is C[C@@H](O)[C@H]1C(=O)N2C(C(=O)OCc3ccc([N+](=O)[O-])cc3)=C(SC3CCn4c[n+](C)cc43)S[C@H]12.[I-]. The van der Waals surface area contributed by atoms with Gasteiger partial charge in [-0.2, -0.15) is 0 Å². The van der Waals surface area contributed by atoms with Crippen LogP contribution in [-0.4, -0.2) is 42.9 Å². The largest absolute Gasteiger partial charge is 1.00 e. The van der Waals surface area contributed by atoms with Crippen molar-refractivity contribution in [2.45, 2.75) is 43.2 Å². The number of fused-ring (bicyclic) bond motifs is 2. The maximum Gasteiger partial charge on any atom is 0.357 e. The number of hydrogen-bond donors (Lipinski definition) is 1. The minimum atomic E-state index is -0.814. The summed E-state index contributed by atoms with van der Waals surface area (Å²) in [5.41, 5.74) is 1.94. The maximum absolute atomic E-state index is 13.2. The van der Waals surface area contributed by atoms with Gasteiger partial charge in [-0.1, -0.05) is 11.8 Å². The van der Waals surface area contributed by atoms with E-state index in [0.717, 1.165) is 22.9 Å². The van der Waals surface area contributed by atoms with Gasteiger partial charge in [-0.05, 0) is 24.6 Å². The molecule has 0 saturated carbocycles. The number of nitrogens with zero attached hydrogens (tertiary/aromatic N) is 4. The van der Waals surface area contributed by atoms with Gasteiger partial charge >= 0.3 is 5.97 Å². The molecule has 2 aromatic rings. The smallest absolute Gasteiger partial charge is 0.357 e. The Kier molecular flexibility index (Phi) is 7.50. The van der Waals surface area contributed by atoms with Crippen molar-refractivity contribution in [2.75, 3.05) is 0 Å². The number of halogens is 1. The molecule has 13 heteroatoms. The van der Waals surface area contributed by atoms with E-state index in [-0.39, 0.29) is 58.5 Å². The van der Waals surface area contributed by atoms with Crippen LogP contribution in [0.4, 0.5) is 5.69 Å². The summed E-state index contributed by atoms with van der Waals surface area (Å²) >= 11 is 2.98. The average Bonchev–Trinajstić information content (AvgIpc) is 3.43. The molecule has 3 aliphatic rings. The number of aliphatic hydroxyl groups is 1. The first kappa shape index (κ1) is 26.0. The van der Waals surface area contributed by atoms with E-state index in [1.165, 1.54) is 40.9 Å². The van der Waals surface area contributed by atoms with Crippen LogP contribution in [0.3, 0.4) is 0 Å². The number of non-ortho nitro benzene ring substituents is 1. The van der Waals surface area contributed by atoms with E-state index < -0.39 is 22.9 Å². The molecule has 0 bridgehead atoms. The summed E-state index contributed by atoms with van der Waals surface area (Å²) in [7, 11) is 1.97. The van der Waals surface area contributed by atoms with Crippen LogP contribution in [0, 0.1) is 16.0 Å². The molecule has 1 N–H and O–H groups in total. The molecule has 1 aromatic heterocycles. The summed E-state index contributed by atoms with van der Waals surface area (Å²) in [6, 6.07) is 5.78. The van der Waals surface area contributed by atoms with E-state index in [9.17, 15) is 24.8 Å². The zero-order valence-corrected chi connectivity index (χ0v) is 22.7. The molecule has 1 aromatic carbocycles. The highest BCUT2D eigenvalue weighted by atomic mass is 127. The Labute approximate surface area is 226 Å². The average molecular weight is 630 g/mol. The molecule has 4 heterocycles. The van der Waals surface area contributed by atoms with Gasteiger partial charge in [0.25, 0.3) is 5.69 Å². The number of ether oxygens (including phenoxy) is 1. The first-order valence-electron chi connectivity index (χ1n) is 10.8. The van der Waals surface area contributed by atoms with Gasteiger partial charge in [0.05, 0.1) is 40.0 Å². The molecule has 186 valence electrons. The third-order valence-corrected chi connectivity index (χ3v) is 9.08. The summed E-state index contributed by atoms with van der Waals surface area (Å²) in [5, 5.41) is 20.7. The number of aliphatic hydroxyl groups excluding tert-OH is 1. The fraction of sp³-hybridized carbons (Fsp3) is 0.409. The molecule has 0 aliphatic carbocycles. The number of aromatic nitrogens is 2. The number of benzene rings is 1. The lowest BCUT2D eigenvalue weighted by molar-refractivity contribution is -0.671. The first-order valence-corrected chi connectivity index (χ1v) is 12.5. The number of β-lactam (4-membered cyclic amide) rings is 1. The number of carbonyl (C=O) groups excluding carboxylic acids is 2. The zero-order chi connectivity index (χ0) is 24.1. The molecule has 0 spiro atoms. The fourth-order valence-electron chi connectivity index (χ4n) is 4.47. The van der Waals surface area contributed by atoms with Crippen LogP contribution in [-0.2, 0) is 34.5 Å². The molecule has 4 atom stereocenters. The molecule has 35 heavy (non-hydrogen) atoms. The van der Waals surface area contributed by atoms with Gasteiger partial charge in [-0.15, -0.1) is 11.8 Å². The highest BCUT2D eigenvalue weighted by Crippen LogP contribution is 2.57. The third-order valence-electron chi connectivity index (χ3n) is 6.18. The van der Waals surface area contributed by atoms with Gasteiger partial charge < -0.3 is 33.8 Å². The Balaban J connectivity index is 0.00000289. The first-order chi connectivity index (χ1) is 16.2. The van der Waals surface area contributed by atoms with Crippen molar-refractivity contribution in [3.05, 3.63) is 68.1 Å². The van der Waals surface area contributed by atoms with E-state index >= 15 is 0 Å². The minimum Gasteiger partial charge on any atom is -1.00 e. The Hall–Kier alpha value is -2.10. The number of imidazole rings is 1. The predicted octanol–water partition coefficient (Wildman–Crippen LogP) is -0.773. The molecular weight excluding hydrogens is 607 g/mol. The lowest BCUT2D eigenvalue weighted by Crippen LogP contribution is -3.00. The van der Waals surface area contributed by atoms with Crippen molar-refractivity contribution in [1.29, 1.82) is 0 Å². The van der Waals surface area contributed by atoms with Crippen LogP contribution < -0.4 is 28.5 Å². The Morgan fingerprint density at radius 3 is 2.77 bits per heavy atom. The number of esters is 1. The summed E-state index contributed by atoms with van der Waals surface area (Å²) < 4.78 is 10.4. The van der Waals surface area contributed by atoms with Gasteiger partial charge in [-0.25, -0.2) is 13.9 Å². The van der Waals surface area contributed by atoms with Gasteiger partial charge in [0.1, 0.15) is 18.2 Å². The summed E-state index contributed by atoms with van der Waals surface area (Å²) in [4.78, 5) is 37.7. The van der Waals surface area contributed by atoms with Crippen LogP contribution in [0.25, 0.3) is 0 Å². The second-order valence-corrected chi connectivity index (χ2v) is 11.1. The number of carbonyl (C=O) groups is 2. The summed E-state index contributed by atoms with van der Waals surface area (Å²) in [6.45, 7) is 2.40. The molecule has 1 amide bonds. The quantitative estimate of drug-likeness (QED) is 0.106. The van der Waals surface area contributed by atoms with Crippen LogP contribution in [0.15, 0.2) is 46.7 Å². The summed E-state index contributed by atoms with van der Waals surface area (Å²) in [6.07, 6.45) is 4.20. The zero-order valence-electron chi connectivity index (χ0n) is 18.9. The molecule has 10 nitrogen and oxygen atoms in total. The number of nitro groups is 1. The van der Waals surface area contributed by atoms with Crippen molar-refractivity contribution < 1.29 is 52.9 Å². The lowest BCUT2D eigenvalue weighted by Gasteiger charge is -2.43. The van der Waals surface area contributed by atoms with Gasteiger partial charge in [0.2, 0.25) is 12.2 Å². The number of amides is 1. The second kappa shape index (κ2) is 10.1. The van der Waals surface area contributed by atoms with Crippen LogP contribution in [0.2, 0.25) is 0 Å². The third kappa shape index (κ3) is 4.70. The van der Waals surface area contributed by atoms with Crippen molar-refractivity contribution in [3.63, 3.8) is 0 Å². The van der Waals surface area contributed by atoms with E-state index in [0.29, 0.717) is 5.56 Å². The molecule has 0 radical (unpaired) electrons. The highest BCUT2D eigenvalue weighted by molar-refractivity contribution is 8.22. The normalized spacial score (nSPS) is 23.3. The van der Waals surface area contributed by atoms with E-state index in [4.69, 9.17) is 4.74 Å². The molecule has 1 fully saturated rings. The van der Waals surface area contributed by atoms with Crippen LogP contribution >= 0.6 is 23.5 Å². The van der Waals surface area contributed by atoms with E-state index in [1.54, 1.807) is 18.7 Å². The van der Waals surface area contributed by atoms with Crippen LogP contribution in [0.1, 0.15) is 29.9 Å². The highest BCUT2D eigenvalue weighted by Gasteiger charge is 2.58. The minimum absolute atomic E-state index is 0. The van der Waals surface area contributed by atoms with Crippen molar-refractivity contribution in [3.8, 4) is 0 Å². The maximum atomic E-state index is 13.2. The Morgan fingerprint density at radius 1 is 1.40 bits per heavy atom. The molecular formula is C22H23IN4O6S2. The number of aryl methyl sites for hydroxylation is 2. The number of thioether (sulfide) groups is 2. The van der Waals surface area contributed by atoms with Crippen LogP contribution in [0.5, 0.6) is 0 Å². The molecule has 3 aliphatic heterocycles. The molecule has 1 saturated heterocycles. The van der Waals surface area contributed by atoms with E-state index in [1.807, 2.05) is 17.9 Å². The predicted molar refractivity (Wildman–Crippen MR) is 124 cm³/mol. The van der Waals surface area contributed by atoms with Gasteiger partial charge in [-0.3, -0.25) is 19.8 Å². The standard InChI is InChI=1S/C22H23N4O6S2.HI/c1-12(27)17-19(28)25-18(21(29)32-10-13-3-5-14(6-4-13)26(30)31)22(34-20(17)25)33-16-7-8-24-11-23(2)9-15(16)24;/h3-6,9,11-12,16-17,20,27H,7-8,10H2,1-2H3;1H/q+1;/p-1/t12-,16?,17+,20-;/m1./s1. The fourth-order valence-corrected chi connectivity index (χ4v) is 7.74. The van der Waals surface area contributed by atoms with Gasteiger partial charge in [0.15, 0.2) is 11.4 Å². The Morgan fingerprint density at radius 2 is 2.11 bits per heavy atom. The lowest BCUT2D eigenvalue weighted by atomic mass is 9.92. The number of rotatable bonds is 7. The number of nitro benzene ring substituents is 1. The van der Waals surface area contributed by atoms with Crippen molar-refractivity contribution in [1.82, 2.24) is 9.47 Å². The molecule has 1 unspecified atom stereocenters. The second-order valence-electron chi connectivity index (χ2n) is 8.54. The monoisotopic (exact) mass is 630 g/mol. The Bertz CT molecular complexity index is 1220. The van der Waals surface area contributed by atoms with Crippen molar-refractivity contribution >= 4 is 41.1 Å². The van der Waals surface area contributed by atoms with E-state index in [2.05, 4.69) is 10.8 Å². The topological polar surface area (TPSA) is 119 Å². The molecule has 5 rings (SSSR count).